The van der Waals surface area contributed by atoms with Crippen molar-refractivity contribution in [2.24, 2.45) is 5.92 Å². The molecule has 0 N–H and O–H groups in total. The van der Waals surface area contributed by atoms with Crippen LogP contribution >= 0.6 is 15.9 Å². The highest BCUT2D eigenvalue weighted by molar-refractivity contribution is 9.10. The van der Waals surface area contributed by atoms with Gasteiger partial charge in [-0.3, -0.25) is 4.79 Å². The molecule has 2 rings (SSSR count). The zero-order chi connectivity index (χ0) is 9.42. The molecule has 0 aromatic heterocycles. The maximum Gasteiger partial charge on any atom is 0.136 e. The van der Waals surface area contributed by atoms with Crippen molar-refractivity contribution in [1.29, 1.82) is 0 Å². The molecule has 1 aliphatic rings. The third kappa shape index (κ3) is 1.55. The summed E-state index contributed by atoms with van der Waals surface area (Å²) in [6.45, 7) is 2.01. The van der Waals surface area contributed by atoms with E-state index in [2.05, 4.69) is 28.1 Å². The summed E-state index contributed by atoms with van der Waals surface area (Å²) in [4.78, 5) is 11.1. The van der Waals surface area contributed by atoms with Crippen LogP contribution in [0.5, 0.6) is 0 Å². The van der Waals surface area contributed by atoms with Crippen LogP contribution in [0, 0.1) is 5.92 Å². The summed E-state index contributed by atoms with van der Waals surface area (Å²) >= 11 is 3.43. The van der Waals surface area contributed by atoms with Crippen molar-refractivity contribution in [3.05, 3.63) is 34.3 Å². The lowest BCUT2D eigenvalue weighted by atomic mass is 9.70. The maximum absolute atomic E-state index is 11.1. The van der Waals surface area contributed by atoms with E-state index in [-0.39, 0.29) is 5.92 Å². The first-order valence-electron chi connectivity index (χ1n) is 4.46. The molecule has 2 atom stereocenters. The lowest BCUT2D eigenvalue weighted by Crippen LogP contribution is -2.32. The van der Waals surface area contributed by atoms with Gasteiger partial charge in [0, 0.05) is 22.7 Å². The summed E-state index contributed by atoms with van der Waals surface area (Å²) in [6.07, 6.45) is 0.720. The number of benzene rings is 1. The average molecular weight is 239 g/mol. The van der Waals surface area contributed by atoms with Crippen LogP contribution in [0.2, 0.25) is 0 Å². The van der Waals surface area contributed by atoms with Crippen molar-refractivity contribution in [2.75, 3.05) is 0 Å². The Labute approximate surface area is 86.3 Å². The molecule has 1 nitrogen and oxygen atoms in total. The molecule has 2 heteroatoms. The number of ketones is 1. The molecule has 13 heavy (non-hydrogen) atoms. The molecule has 1 fully saturated rings. The van der Waals surface area contributed by atoms with Crippen LogP contribution in [-0.4, -0.2) is 5.78 Å². The van der Waals surface area contributed by atoms with E-state index >= 15 is 0 Å². The van der Waals surface area contributed by atoms with Crippen molar-refractivity contribution in [3.63, 3.8) is 0 Å². The average Bonchev–Trinajstić information content (AvgIpc) is 2.13. The highest BCUT2D eigenvalue weighted by Crippen LogP contribution is 2.39. The highest BCUT2D eigenvalue weighted by atomic mass is 79.9. The molecule has 1 aliphatic carbocycles. The number of Topliss-reactive ketones (excluding diaryl/α,β-unsaturated/α-hetero) is 1. The Hall–Kier alpha value is -0.630. The second-order valence-electron chi connectivity index (χ2n) is 3.62. The summed E-state index contributed by atoms with van der Waals surface area (Å²) in [5.74, 6) is 1.06. The minimum absolute atomic E-state index is 0.217. The molecule has 0 saturated heterocycles. The van der Waals surface area contributed by atoms with Gasteiger partial charge < -0.3 is 0 Å². The van der Waals surface area contributed by atoms with Gasteiger partial charge in [0.25, 0.3) is 0 Å². The third-order valence-corrected chi connectivity index (χ3v) is 3.30. The van der Waals surface area contributed by atoms with Crippen LogP contribution in [0.25, 0.3) is 0 Å². The van der Waals surface area contributed by atoms with Gasteiger partial charge in [-0.25, -0.2) is 0 Å². The van der Waals surface area contributed by atoms with E-state index in [1.165, 1.54) is 5.56 Å². The van der Waals surface area contributed by atoms with E-state index in [9.17, 15) is 4.79 Å². The van der Waals surface area contributed by atoms with Crippen LogP contribution in [0.4, 0.5) is 0 Å². The van der Waals surface area contributed by atoms with Crippen LogP contribution in [0.1, 0.15) is 24.8 Å². The highest BCUT2D eigenvalue weighted by Gasteiger charge is 2.36. The van der Waals surface area contributed by atoms with E-state index in [1.54, 1.807) is 0 Å². The first-order valence-corrected chi connectivity index (χ1v) is 5.26. The standard InChI is InChI=1S/C11H11BrO/c1-7-10(6-11(7)13)8-3-2-4-9(12)5-8/h2-5,7,10H,6H2,1H3. The predicted molar refractivity (Wildman–Crippen MR) is 55.7 cm³/mol. The summed E-state index contributed by atoms with van der Waals surface area (Å²) in [7, 11) is 0. The minimum Gasteiger partial charge on any atom is -0.299 e. The summed E-state index contributed by atoms with van der Waals surface area (Å²) in [5, 5.41) is 0. The van der Waals surface area contributed by atoms with Gasteiger partial charge in [-0.05, 0) is 17.7 Å². The molecule has 0 amide bonds. The lowest BCUT2D eigenvalue weighted by molar-refractivity contribution is -0.130. The second-order valence-corrected chi connectivity index (χ2v) is 4.54. The van der Waals surface area contributed by atoms with E-state index < -0.39 is 0 Å². The number of hydrogen-bond acceptors (Lipinski definition) is 1. The molecule has 0 bridgehead atoms. The Balaban J connectivity index is 2.23. The largest absolute Gasteiger partial charge is 0.299 e. The Morgan fingerprint density at radius 1 is 1.46 bits per heavy atom. The second kappa shape index (κ2) is 3.26. The van der Waals surface area contributed by atoms with Gasteiger partial charge >= 0.3 is 0 Å². The van der Waals surface area contributed by atoms with Gasteiger partial charge in [0.05, 0.1) is 0 Å². The zero-order valence-corrected chi connectivity index (χ0v) is 9.04. The molecular formula is C11H11BrO. The van der Waals surface area contributed by atoms with E-state index in [0.29, 0.717) is 11.7 Å². The number of halogens is 1. The molecule has 0 radical (unpaired) electrons. The fraction of sp³-hybridized carbons (Fsp3) is 0.364. The number of rotatable bonds is 1. The fourth-order valence-electron chi connectivity index (χ4n) is 1.79. The molecule has 68 valence electrons. The summed E-state index contributed by atoms with van der Waals surface area (Å²) in [6, 6.07) is 8.23. The van der Waals surface area contributed by atoms with Crippen molar-refractivity contribution in [3.8, 4) is 0 Å². The summed E-state index contributed by atoms with van der Waals surface area (Å²) in [5.41, 5.74) is 1.28. The van der Waals surface area contributed by atoms with Gasteiger partial charge in [0.2, 0.25) is 0 Å². The van der Waals surface area contributed by atoms with Crippen LogP contribution in [-0.2, 0) is 4.79 Å². The van der Waals surface area contributed by atoms with Gasteiger partial charge in [0.15, 0.2) is 0 Å². The molecule has 1 saturated carbocycles. The van der Waals surface area contributed by atoms with Gasteiger partial charge in [-0.2, -0.15) is 0 Å². The zero-order valence-electron chi connectivity index (χ0n) is 7.46. The monoisotopic (exact) mass is 238 g/mol. The van der Waals surface area contributed by atoms with E-state index in [1.807, 2.05) is 19.1 Å². The Kier molecular flexibility index (Phi) is 2.24. The van der Waals surface area contributed by atoms with Gasteiger partial charge in [-0.1, -0.05) is 35.0 Å². The van der Waals surface area contributed by atoms with Gasteiger partial charge in [-0.15, -0.1) is 0 Å². The Morgan fingerprint density at radius 3 is 2.77 bits per heavy atom. The molecular weight excluding hydrogens is 228 g/mol. The van der Waals surface area contributed by atoms with Gasteiger partial charge in [0.1, 0.15) is 5.78 Å². The molecule has 1 aromatic carbocycles. The molecule has 1 aromatic rings. The van der Waals surface area contributed by atoms with Crippen molar-refractivity contribution in [2.45, 2.75) is 19.3 Å². The predicted octanol–water partition coefficient (Wildman–Crippen LogP) is 3.14. The van der Waals surface area contributed by atoms with Crippen molar-refractivity contribution >= 4 is 21.7 Å². The number of carbonyl (C=O) groups excluding carboxylic acids is 1. The van der Waals surface area contributed by atoms with E-state index in [0.717, 1.165) is 10.9 Å². The minimum atomic E-state index is 0.217. The lowest BCUT2D eigenvalue weighted by Gasteiger charge is -2.32. The molecule has 0 aliphatic heterocycles. The third-order valence-electron chi connectivity index (χ3n) is 2.81. The normalized spacial score (nSPS) is 27.1. The first kappa shape index (κ1) is 8.95. The SMILES string of the molecule is CC1C(=O)CC1c1cccc(Br)c1. The number of carbonyl (C=O) groups is 1. The van der Waals surface area contributed by atoms with E-state index in [4.69, 9.17) is 0 Å². The fourth-order valence-corrected chi connectivity index (χ4v) is 2.20. The number of hydrogen-bond donors (Lipinski definition) is 0. The summed E-state index contributed by atoms with van der Waals surface area (Å²) < 4.78 is 1.09. The molecule has 0 heterocycles. The van der Waals surface area contributed by atoms with Crippen molar-refractivity contribution < 1.29 is 4.79 Å². The maximum atomic E-state index is 11.1. The first-order chi connectivity index (χ1) is 6.18. The van der Waals surface area contributed by atoms with Crippen LogP contribution in [0.15, 0.2) is 28.7 Å². The van der Waals surface area contributed by atoms with Crippen LogP contribution < -0.4 is 0 Å². The Bertz CT molecular complexity index is 346. The van der Waals surface area contributed by atoms with Crippen LogP contribution in [0.3, 0.4) is 0 Å². The Morgan fingerprint density at radius 2 is 2.23 bits per heavy atom. The molecule has 0 spiro atoms. The topological polar surface area (TPSA) is 17.1 Å². The quantitative estimate of drug-likeness (QED) is 0.735. The van der Waals surface area contributed by atoms with Crippen molar-refractivity contribution in [1.82, 2.24) is 0 Å². The smallest absolute Gasteiger partial charge is 0.136 e. The molecule has 2 unspecified atom stereocenters.